The molecule has 0 aliphatic rings. The normalized spacial score (nSPS) is 10.3. The van der Waals surface area contributed by atoms with Crippen molar-refractivity contribution in [3.63, 3.8) is 0 Å². The summed E-state index contributed by atoms with van der Waals surface area (Å²) >= 11 is 2.93. The Morgan fingerprint density at radius 2 is 1.71 bits per heavy atom. The van der Waals surface area contributed by atoms with Crippen molar-refractivity contribution in [2.45, 2.75) is 0 Å². The third-order valence-electron chi connectivity index (χ3n) is 2.92. The second-order valence-electron chi connectivity index (χ2n) is 4.12. The van der Waals surface area contributed by atoms with Gasteiger partial charge in [-0.15, -0.1) is 0 Å². The van der Waals surface area contributed by atoms with Crippen LogP contribution in [0.1, 0.15) is 15.9 Å². The van der Waals surface area contributed by atoms with Gasteiger partial charge in [-0.25, -0.2) is 8.78 Å². The molecular formula is C15H11BrF2O3. The molecule has 0 fully saturated rings. The Balaban J connectivity index is 2.53. The van der Waals surface area contributed by atoms with Gasteiger partial charge in [0.25, 0.3) is 0 Å². The first kappa shape index (κ1) is 15.4. The summed E-state index contributed by atoms with van der Waals surface area (Å²) in [6, 6.07) is 6.53. The van der Waals surface area contributed by atoms with Crippen molar-refractivity contribution >= 4 is 21.7 Å². The van der Waals surface area contributed by atoms with Crippen LogP contribution in [0.3, 0.4) is 0 Å². The zero-order valence-electron chi connectivity index (χ0n) is 11.2. The maximum Gasteiger partial charge on any atom is 0.199 e. The first-order chi connectivity index (χ1) is 9.99. The van der Waals surface area contributed by atoms with Crippen LogP contribution in [0, 0.1) is 11.6 Å². The van der Waals surface area contributed by atoms with E-state index in [0.29, 0.717) is 11.5 Å². The van der Waals surface area contributed by atoms with Crippen LogP contribution in [0.2, 0.25) is 0 Å². The second kappa shape index (κ2) is 6.22. The predicted molar refractivity (Wildman–Crippen MR) is 77.0 cm³/mol. The Bertz CT molecular complexity index is 702. The Kier molecular flexibility index (Phi) is 4.57. The van der Waals surface area contributed by atoms with Crippen LogP contribution in [0.4, 0.5) is 8.78 Å². The van der Waals surface area contributed by atoms with E-state index in [9.17, 15) is 13.6 Å². The number of rotatable bonds is 4. The number of ketones is 1. The molecule has 0 saturated heterocycles. The maximum absolute atomic E-state index is 14.0. The van der Waals surface area contributed by atoms with Crippen LogP contribution < -0.4 is 9.47 Å². The molecule has 0 aliphatic carbocycles. The molecule has 2 rings (SSSR count). The fourth-order valence-corrected chi connectivity index (χ4v) is 2.19. The van der Waals surface area contributed by atoms with E-state index in [4.69, 9.17) is 9.47 Å². The fraction of sp³-hybridized carbons (Fsp3) is 0.133. The summed E-state index contributed by atoms with van der Waals surface area (Å²) in [7, 11) is 2.86. The zero-order valence-corrected chi connectivity index (χ0v) is 12.8. The Labute approximate surface area is 128 Å². The Hall–Kier alpha value is -1.95. The lowest BCUT2D eigenvalue weighted by Crippen LogP contribution is -2.08. The third kappa shape index (κ3) is 2.90. The molecule has 0 atom stereocenters. The quantitative estimate of drug-likeness (QED) is 0.614. The first-order valence-corrected chi connectivity index (χ1v) is 6.69. The lowest BCUT2D eigenvalue weighted by atomic mass is 10.0. The highest BCUT2D eigenvalue weighted by molar-refractivity contribution is 9.10. The summed E-state index contributed by atoms with van der Waals surface area (Å²) in [5.74, 6) is -1.90. The van der Waals surface area contributed by atoms with Crippen molar-refractivity contribution < 1.29 is 23.0 Å². The first-order valence-electron chi connectivity index (χ1n) is 5.89. The molecule has 21 heavy (non-hydrogen) atoms. The molecule has 0 unspecified atom stereocenters. The molecule has 0 heterocycles. The molecule has 6 heteroatoms. The van der Waals surface area contributed by atoms with Crippen molar-refractivity contribution in [1.29, 1.82) is 0 Å². The van der Waals surface area contributed by atoms with Gasteiger partial charge < -0.3 is 9.47 Å². The standard InChI is InChI=1S/C15H11BrF2O3/c1-20-11-6-3-8(7-12(11)21-2)15(19)13-10(17)5-4-9(16)14(13)18/h3-7H,1-2H3. The number of hydrogen-bond donors (Lipinski definition) is 0. The van der Waals surface area contributed by atoms with E-state index in [1.165, 1.54) is 38.5 Å². The highest BCUT2D eigenvalue weighted by Crippen LogP contribution is 2.30. The van der Waals surface area contributed by atoms with Gasteiger partial charge in [0.1, 0.15) is 5.82 Å². The predicted octanol–water partition coefficient (Wildman–Crippen LogP) is 3.98. The van der Waals surface area contributed by atoms with E-state index in [1.807, 2.05) is 0 Å². The average Bonchev–Trinajstić information content (AvgIpc) is 2.50. The molecule has 0 saturated carbocycles. The SMILES string of the molecule is COc1ccc(C(=O)c2c(F)ccc(Br)c2F)cc1OC. The number of benzene rings is 2. The van der Waals surface area contributed by atoms with E-state index >= 15 is 0 Å². The average molecular weight is 357 g/mol. The summed E-state index contributed by atoms with van der Waals surface area (Å²) in [5.41, 5.74) is -0.514. The Morgan fingerprint density at radius 1 is 1.05 bits per heavy atom. The maximum atomic E-state index is 14.0. The van der Waals surface area contributed by atoms with Gasteiger partial charge in [0.15, 0.2) is 23.1 Å². The number of carbonyl (C=O) groups is 1. The molecule has 0 bridgehead atoms. The molecule has 3 nitrogen and oxygen atoms in total. The van der Waals surface area contributed by atoms with Crippen LogP contribution in [-0.2, 0) is 0 Å². The number of halogens is 3. The summed E-state index contributed by atoms with van der Waals surface area (Å²) in [6.45, 7) is 0. The minimum Gasteiger partial charge on any atom is -0.493 e. The molecule has 0 radical (unpaired) electrons. The van der Waals surface area contributed by atoms with Crippen molar-refractivity contribution in [1.82, 2.24) is 0 Å². The van der Waals surface area contributed by atoms with E-state index in [2.05, 4.69) is 15.9 Å². The van der Waals surface area contributed by atoms with Crippen molar-refractivity contribution in [2.75, 3.05) is 14.2 Å². The summed E-state index contributed by atoms with van der Waals surface area (Å²) in [5, 5.41) is 0. The largest absolute Gasteiger partial charge is 0.493 e. The number of carbonyl (C=O) groups excluding carboxylic acids is 1. The van der Waals surface area contributed by atoms with E-state index < -0.39 is 23.0 Å². The number of methoxy groups -OCH3 is 2. The molecule has 0 spiro atoms. The van der Waals surface area contributed by atoms with Gasteiger partial charge in [0.2, 0.25) is 0 Å². The Morgan fingerprint density at radius 3 is 2.33 bits per heavy atom. The van der Waals surface area contributed by atoms with Gasteiger partial charge in [-0.3, -0.25) is 4.79 Å². The van der Waals surface area contributed by atoms with Crippen LogP contribution in [-0.4, -0.2) is 20.0 Å². The van der Waals surface area contributed by atoms with Crippen LogP contribution in [0.25, 0.3) is 0 Å². The lowest BCUT2D eigenvalue weighted by molar-refractivity contribution is 0.103. The van der Waals surface area contributed by atoms with Gasteiger partial charge in [0.05, 0.1) is 24.3 Å². The van der Waals surface area contributed by atoms with Crippen LogP contribution in [0.5, 0.6) is 11.5 Å². The minimum atomic E-state index is -0.935. The topological polar surface area (TPSA) is 35.5 Å². The molecular weight excluding hydrogens is 346 g/mol. The zero-order chi connectivity index (χ0) is 15.6. The summed E-state index contributed by atoms with van der Waals surface area (Å²) < 4.78 is 37.9. The van der Waals surface area contributed by atoms with Crippen molar-refractivity contribution in [3.05, 3.63) is 57.6 Å². The van der Waals surface area contributed by atoms with Gasteiger partial charge in [-0.05, 0) is 46.3 Å². The van der Waals surface area contributed by atoms with Crippen molar-refractivity contribution in [2.24, 2.45) is 0 Å². The highest BCUT2D eigenvalue weighted by Gasteiger charge is 2.22. The van der Waals surface area contributed by atoms with E-state index in [-0.39, 0.29) is 10.0 Å². The molecule has 0 aliphatic heterocycles. The number of ether oxygens (including phenoxy) is 2. The molecule has 2 aromatic rings. The summed E-state index contributed by atoms with van der Waals surface area (Å²) in [4.78, 5) is 12.3. The minimum absolute atomic E-state index is 0.0210. The van der Waals surface area contributed by atoms with Gasteiger partial charge >= 0.3 is 0 Å². The molecule has 2 aromatic carbocycles. The van der Waals surface area contributed by atoms with Crippen LogP contribution >= 0.6 is 15.9 Å². The van der Waals surface area contributed by atoms with Gasteiger partial charge in [-0.2, -0.15) is 0 Å². The van der Waals surface area contributed by atoms with Crippen LogP contribution in [0.15, 0.2) is 34.8 Å². The fourth-order valence-electron chi connectivity index (χ4n) is 1.86. The van der Waals surface area contributed by atoms with Gasteiger partial charge in [0, 0.05) is 5.56 Å². The second-order valence-corrected chi connectivity index (χ2v) is 4.97. The third-order valence-corrected chi connectivity index (χ3v) is 3.53. The lowest BCUT2D eigenvalue weighted by Gasteiger charge is -2.10. The molecule has 0 N–H and O–H groups in total. The monoisotopic (exact) mass is 356 g/mol. The van der Waals surface area contributed by atoms with E-state index in [1.54, 1.807) is 0 Å². The molecule has 110 valence electrons. The number of hydrogen-bond acceptors (Lipinski definition) is 3. The van der Waals surface area contributed by atoms with Crippen molar-refractivity contribution in [3.8, 4) is 11.5 Å². The summed E-state index contributed by atoms with van der Waals surface area (Å²) in [6.07, 6.45) is 0. The van der Waals surface area contributed by atoms with Gasteiger partial charge in [-0.1, -0.05) is 0 Å². The highest BCUT2D eigenvalue weighted by atomic mass is 79.9. The molecule has 0 aromatic heterocycles. The molecule has 0 amide bonds. The smallest absolute Gasteiger partial charge is 0.199 e. The van der Waals surface area contributed by atoms with E-state index in [0.717, 1.165) is 6.07 Å².